The van der Waals surface area contributed by atoms with E-state index in [1.807, 2.05) is 0 Å². The van der Waals surface area contributed by atoms with Gasteiger partial charge in [-0.25, -0.2) is 0 Å². The topological polar surface area (TPSA) is 26.0 Å². The van der Waals surface area contributed by atoms with E-state index >= 15 is 0 Å². The largest absolute Gasteiger partial charge is 0.310 e. The van der Waals surface area contributed by atoms with E-state index in [0.717, 1.165) is 0 Å². The second kappa shape index (κ2) is 0.667. The predicted octanol–water partition coefficient (Wildman–Crippen LogP) is 0.356. The molecule has 0 aromatic carbocycles. The molecule has 0 atom stereocenters. The molecule has 1 aliphatic rings. The van der Waals surface area contributed by atoms with Crippen molar-refractivity contribution in [1.29, 1.82) is 0 Å². The van der Waals surface area contributed by atoms with Crippen molar-refractivity contribution in [3.05, 3.63) is 0 Å². The van der Waals surface area contributed by atoms with Crippen LogP contribution in [0.25, 0.3) is 0 Å². The van der Waals surface area contributed by atoms with E-state index in [0.29, 0.717) is 0 Å². The molecule has 0 spiro atoms. The zero-order valence-corrected chi connectivity index (χ0v) is 3.33. The second-order valence-corrected chi connectivity index (χ2v) is 3.11. The van der Waals surface area contributed by atoms with Gasteiger partial charge in [-0.15, -0.1) is 0 Å². The smallest absolute Gasteiger partial charge is 0.0145 e. The highest BCUT2D eigenvalue weighted by Crippen LogP contribution is 2.40. The summed E-state index contributed by atoms with van der Waals surface area (Å²) in [5.41, 5.74) is 5.29. The lowest BCUT2D eigenvalue weighted by Crippen LogP contribution is -1.62. The molecule has 0 aromatic rings. The summed E-state index contributed by atoms with van der Waals surface area (Å²) in [5.74, 6) is 0. The van der Waals surface area contributed by atoms with Gasteiger partial charge in [-0.05, 0) is 20.4 Å². The van der Waals surface area contributed by atoms with E-state index in [9.17, 15) is 0 Å². The highest BCUT2D eigenvalue weighted by atomic mass is 31.1. The van der Waals surface area contributed by atoms with Crippen LogP contribution in [0.15, 0.2) is 0 Å². The van der Waals surface area contributed by atoms with Crippen LogP contribution in [-0.2, 0) is 0 Å². The van der Waals surface area contributed by atoms with Crippen LogP contribution < -0.4 is 5.50 Å². The lowest BCUT2D eigenvalue weighted by molar-refractivity contribution is 1.75. The Bertz CT molecular complexity index is 25.2. The van der Waals surface area contributed by atoms with Gasteiger partial charge in [-0.3, -0.25) is 0 Å². The van der Waals surface area contributed by atoms with Crippen molar-refractivity contribution < 1.29 is 0 Å². The van der Waals surface area contributed by atoms with Crippen molar-refractivity contribution in [3.8, 4) is 0 Å². The minimum absolute atomic E-state index is 0.130. The molecule has 1 aliphatic heterocycles. The lowest BCUT2D eigenvalue weighted by atomic mass is 11.0. The van der Waals surface area contributed by atoms with Gasteiger partial charge in [0.15, 0.2) is 0 Å². The number of hydrogen-bond donors (Lipinski definition) is 1. The molecule has 4 heavy (non-hydrogen) atoms. The molecule has 0 aliphatic carbocycles. The first-order chi connectivity index (χ1) is 1.89. The van der Waals surface area contributed by atoms with Crippen LogP contribution in [0.5, 0.6) is 0 Å². The summed E-state index contributed by atoms with van der Waals surface area (Å²) in [7, 11) is 0.130. The van der Waals surface area contributed by atoms with Gasteiger partial charge in [-0.2, -0.15) is 0 Å². The lowest BCUT2D eigenvalue weighted by Gasteiger charge is -1.59. The molecule has 1 heterocycles. The van der Waals surface area contributed by atoms with Crippen molar-refractivity contribution in [2.45, 2.75) is 0 Å². The minimum Gasteiger partial charge on any atom is -0.310 e. The standard InChI is InChI=1S/C2H6NP/c3-4-1-2-4/h1-3H2. The van der Waals surface area contributed by atoms with Crippen molar-refractivity contribution in [2.75, 3.05) is 12.3 Å². The highest BCUT2D eigenvalue weighted by molar-refractivity contribution is 7.62. The molecule has 1 saturated heterocycles. The first-order valence-corrected chi connectivity index (χ1v) is 3.17. The molecule has 1 rings (SSSR count). The summed E-state index contributed by atoms with van der Waals surface area (Å²) in [5, 5.41) is 0. The Morgan fingerprint density at radius 3 is 1.75 bits per heavy atom. The van der Waals surface area contributed by atoms with Crippen LogP contribution in [0.1, 0.15) is 0 Å². The first kappa shape index (κ1) is 2.62. The van der Waals surface area contributed by atoms with Gasteiger partial charge in [0.25, 0.3) is 0 Å². The van der Waals surface area contributed by atoms with Gasteiger partial charge >= 0.3 is 0 Å². The molecule has 1 nitrogen and oxygen atoms in total. The van der Waals surface area contributed by atoms with E-state index in [-0.39, 0.29) is 8.07 Å². The van der Waals surface area contributed by atoms with Gasteiger partial charge in [0.2, 0.25) is 0 Å². The Morgan fingerprint density at radius 1 is 1.50 bits per heavy atom. The molecule has 2 N–H and O–H groups in total. The van der Waals surface area contributed by atoms with E-state index in [4.69, 9.17) is 5.50 Å². The van der Waals surface area contributed by atoms with Crippen LogP contribution in [0.4, 0.5) is 0 Å². The quantitative estimate of drug-likeness (QED) is 0.413. The summed E-state index contributed by atoms with van der Waals surface area (Å²) in [6.45, 7) is 0. The first-order valence-electron chi connectivity index (χ1n) is 1.39. The Labute approximate surface area is 27.0 Å². The Kier molecular flexibility index (Phi) is 0.436. The third kappa shape index (κ3) is 0.402. The number of hydrogen-bond acceptors (Lipinski definition) is 1. The SMILES string of the molecule is NP1CC1. The summed E-state index contributed by atoms with van der Waals surface area (Å²) in [6, 6.07) is 0. The molecule has 0 amide bonds. The zero-order chi connectivity index (χ0) is 2.99. The predicted molar refractivity (Wildman–Crippen MR) is 20.8 cm³/mol. The van der Waals surface area contributed by atoms with Crippen LogP contribution in [-0.4, -0.2) is 12.3 Å². The van der Waals surface area contributed by atoms with Gasteiger partial charge in [0.1, 0.15) is 0 Å². The van der Waals surface area contributed by atoms with Gasteiger partial charge in [0, 0.05) is 0 Å². The molecule has 0 saturated carbocycles. The van der Waals surface area contributed by atoms with Crippen molar-refractivity contribution in [3.63, 3.8) is 0 Å². The summed E-state index contributed by atoms with van der Waals surface area (Å²) >= 11 is 0. The number of rotatable bonds is 0. The van der Waals surface area contributed by atoms with Crippen molar-refractivity contribution in [1.82, 2.24) is 0 Å². The third-order valence-electron chi connectivity index (χ3n) is 0.482. The fraction of sp³-hybridized carbons (Fsp3) is 1.00. The molecule has 1 fully saturated rings. The monoisotopic (exact) mass is 75.0 g/mol. The average Bonchev–Trinajstić information content (AvgIpc) is 1.75. The fourth-order valence-electron chi connectivity index (χ4n) is 0.0577. The maximum absolute atomic E-state index is 5.29. The van der Waals surface area contributed by atoms with Gasteiger partial charge < -0.3 is 5.50 Å². The van der Waals surface area contributed by atoms with Crippen molar-refractivity contribution in [2.24, 2.45) is 5.50 Å². The third-order valence-corrected chi connectivity index (χ3v) is 1.45. The van der Waals surface area contributed by atoms with Gasteiger partial charge in [0.05, 0.1) is 0 Å². The Balaban J connectivity index is 2.17. The van der Waals surface area contributed by atoms with E-state index < -0.39 is 0 Å². The maximum Gasteiger partial charge on any atom is -0.0145 e. The minimum atomic E-state index is 0.130. The molecular weight excluding hydrogens is 69.0 g/mol. The normalized spacial score (nSPS) is 26.2. The molecular formula is C2H6NP. The second-order valence-electron chi connectivity index (χ2n) is 1.04. The molecule has 2 heteroatoms. The maximum atomic E-state index is 5.29. The van der Waals surface area contributed by atoms with E-state index in [1.54, 1.807) is 0 Å². The molecule has 0 radical (unpaired) electrons. The van der Waals surface area contributed by atoms with Crippen molar-refractivity contribution >= 4 is 8.07 Å². The van der Waals surface area contributed by atoms with Crippen LogP contribution in [0.2, 0.25) is 0 Å². The molecule has 0 unspecified atom stereocenters. The zero-order valence-electron chi connectivity index (χ0n) is 2.44. The summed E-state index contributed by atoms with van der Waals surface area (Å²) in [4.78, 5) is 0. The Hall–Kier alpha value is 0.390. The number of nitrogens with two attached hydrogens (primary N) is 1. The fourth-order valence-corrected chi connectivity index (χ4v) is 0.520. The molecule has 0 aromatic heterocycles. The summed E-state index contributed by atoms with van der Waals surface area (Å²) in [6.07, 6.45) is 2.66. The van der Waals surface area contributed by atoms with Crippen LogP contribution in [0, 0.1) is 0 Å². The molecule has 0 bridgehead atoms. The summed E-state index contributed by atoms with van der Waals surface area (Å²) < 4.78 is 0. The van der Waals surface area contributed by atoms with Gasteiger partial charge in [-0.1, -0.05) is 0 Å². The highest BCUT2D eigenvalue weighted by Gasteiger charge is 2.13. The Morgan fingerprint density at radius 2 is 1.75 bits per heavy atom. The average molecular weight is 75.1 g/mol. The van der Waals surface area contributed by atoms with E-state index in [2.05, 4.69) is 0 Å². The van der Waals surface area contributed by atoms with E-state index in [1.165, 1.54) is 12.3 Å². The van der Waals surface area contributed by atoms with Crippen LogP contribution in [0.3, 0.4) is 0 Å². The van der Waals surface area contributed by atoms with Crippen LogP contribution >= 0.6 is 8.07 Å². The molecule has 24 valence electrons.